The molecule has 15 heavy (non-hydrogen) atoms. The Morgan fingerprint density at radius 3 is 2.60 bits per heavy atom. The van der Waals surface area contributed by atoms with Crippen LogP contribution in [-0.2, 0) is 0 Å². The van der Waals surface area contributed by atoms with Gasteiger partial charge in [-0.25, -0.2) is 0 Å². The quantitative estimate of drug-likeness (QED) is 0.479. The van der Waals surface area contributed by atoms with Crippen LogP contribution in [0.2, 0.25) is 0 Å². The van der Waals surface area contributed by atoms with Gasteiger partial charge in [-0.05, 0) is 31.4 Å². The zero-order valence-corrected chi connectivity index (χ0v) is 10.8. The summed E-state index contributed by atoms with van der Waals surface area (Å²) in [5.74, 6) is 0. The molecule has 0 nitrogen and oxygen atoms in total. The summed E-state index contributed by atoms with van der Waals surface area (Å²) in [4.78, 5) is 0. The molecule has 0 bridgehead atoms. The van der Waals surface area contributed by atoms with Gasteiger partial charge in [0.05, 0.1) is 5.38 Å². The van der Waals surface area contributed by atoms with Gasteiger partial charge in [-0.2, -0.15) is 0 Å². The highest BCUT2D eigenvalue weighted by atomic mass is 35.5. The van der Waals surface area contributed by atoms with Crippen LogP contribution in [0, 0.1) is 13.8 Å². The summed E-state index contributed by atoms with van der Waals surface area (Å²) in [7, 11) is 0. The maximum absolute atomic E-state index is 6.42. The molecule has 0 aromatic heterocycles. The third-order valence-electron chi connectivity index (χ3n) is 2.83. The summed E-state index contributed by atoms with van der Waals surface area (Å²) in [6, 6.07) is 6.54. The van der Waals surface area contributed by atoms with Crippen molar-refractivity contribution in [1.29, 1.82) is 0 Å². The van der Waals surface area contributed by atoms with Crippen LogP contribution in [0.15, 0.2) is 18.2 Å². The van der Waals surface area contributed by atoms with Gasteiger partial charge in [0.1, 0.15) is 0 Å². The van der Waals surface area contributed by atoms with E-state index in [2.05, 4.69) is 39.0 Å². The Bertz CT molecular complexity index is 304. The maximum Gasteiger partial charge on any atom is 0.0587 e. The van der Waals surface area contributed by atoms with E-state index in [-0.39, 0.29) is 5.38 Å². The first-order valence-corrected chi connectivity index (χ1v) is 6.30. The molecule has 0 N–H and O–H groups in total. The van der Waals surface area contributed by atoms with E-state index in [1.165, 1.54) is 36.0 Å². The molecule has 0 saturated carbocycles. The van der Waals surface area contributed by atoms with Gasteiger partial charge in [-0.15, -0.1) is 11.6 Å². The molecule has 0 saturated heterocycles. The van der Waals surface area contributed by atoms with Crippen molar-refractivity contribution in [2.24, 2.45) is 0 Å². The molecule has 1 atom stereocenters. The molecule has 0 aliphatic rings. The fraction of sp³-hybridized carbons (Fsp3) is 0.571. The number of rotatable bonds is 5. The Labute approximate surface area is 98.7 Å². The Kier molecular flexibility index (Phi) is 5.17. The lowest BCUT2D eigenvalue weighted by molar-refractivity contribution is 0.654. The van der Waals surface area contributed by atoms with E-state index in [1.807, 2.05) is 0 Å². The van der Waals surface area contributed by atoms with E-state index in [9.17, 15) is 0 Å². The van der Waals surface area contributed by atoms with Crippen molar-refractivity contribution in [3.8, 4) is 0 Å². The average Bonchev–Trinajstić information content (AvgIpc) is 2.22. The standard InChI is InChI=1S/C14H21Cl/c1-4-5-6-7-14(15)13-10-11(2)8-9-12(13)3/h8-10,14H,4-7H2,1-3H3. The van der Waals surface area contributed by atoms with Gasteiger partial charge in [0.2, 0.25) is 0 Å². The van der Waals surface area contributed by atoms with E-state index in [1.54, 1.807) is 0 Å². The second kappa shape index (κ2) is 6.17. The number of hydrogen-bond acceptors (Lipinski definition) is 0. The second-order valence-corrected chi connectivity index (χ2v) is 4.85. The second-order valence-electron chi connectivity index (χ2n) is 4.32. The molecule has 1 aromatic rings. The predicted octanol–water partition coefficient (Wildman–Crippen LogP) is 5.16. The van der Waals surface area contributed by atoms with Gasteiger partial charge < -0.3 is 0 Å². The lowest BCUT2D eigenvalue weighted by Gasteiger charge is -2.13. The van der Waals surface area contributed by atoms with Crippen molar-refractivity contribution in [2.45, 2.75) is 51.8 Å². The number of benzene rings is 1. The van der Waals surface area contributed by atoms with Crippen molar-refractivity contribution in [3.05, 3.63) is 34.9 Å². The van der Waals surface area contributed by atoms with Crippen molar-refractivity contribution in [2.75, 3.05) is 0 Å². The predicted molar refractivity (Wildman–Crippen MR) is 68.7 cm³/mol. The first kappa shape index (κ1) is 12.6. The van der Waals surface area contributed by atoms with E-state index in [4.69, 9.17) is 11.6 Å². The summed E-state index contributed by atoms with van der Waals surface area (Å²) in [6.45, 7) is 6.49. The van der Waals surface area contributed by atoms with E-state index in [0.717, 1.165) is 6.42 Å². The van der Waals surface area contributed by atoms with Crippen molar-refractivity contribution in [3.63, 3.8) is 0 Å². The summed E-state index contributed by atoms with van der Waals surface area (Å²) < 4.78 is 0. The number of halogens is 1. The van der Waals surface area contributed by atoms with E-state index < -0.39 is 0 Å². The van der Waals surface area contributed by atoms with Crippen LogP contribution in [0.4, 0.5) is 0 Å². The number of unbranched alkanes of at least 4 members (excludes halogenated alkanes) is 2. The molecule has 1 heteroatoms. The average molecular weight is 225 g/mol. The molecule has 0 amide bonds. The van der Waals surface area contributed by atoms with Crippen LogP contribution in [0.3, 0.4) is 0 Å². The SMILES string of the molecule is CCCCCC(Cl)c1cc(C)ccc1C. The summed E-state index contributed by atoms with van der Waals surface area (Å²) in [5, 5.41) is 0.191. The molecule has 0 heterocycles. The zero-order valence-electron chi connectivity index (χ0n) is 10.0. The van der Waals surface area contributed by atoms with Crippen molar-refractivity contribution in [1.82, 2.24) is 0 Å². The molecule has 0 spiro atoms. The van der Waals surface area contributed by atoms with Gasteiger partial charge in [-0.1, -0.05) is 49.9 Å². The molecule has 0 aliphatic carbocycles. The third-order valence-corrected chi connectivity index (χ3v) is 3.29. The Balaban J connectivity index is 2.64. The fourth-order valence-electron chi connectivity index (χ4n) is 1.83. The van der Waals surface area contributed by atoms with Crippen LogP contribution in [0.1, 0.15) is 54.7 Å². The monoisotopic (exact) mass is 224 g/mol. The van der Waals surface area contributed by atoms with Gasteiger partial charge in [0.25, 0.3) is 0 Å². The van der Waals surface area contributed by atoms with Crippen LogP contribution < -0.4 is 0 Å². The molecular formula is C14H21Cl. The van der Waals surface area contributed by atoms with Crippen LogP contribution in [-0.4, -0.2) is 0 Å². The summed E-state index contributed by atoms with van der Waals surface area (Å²) in [5.41, 5.74) is 3.93. The van der Waals surface area contributed by atoms with Gasteiger partial charge >= 0.3 is 0 Å². The summed E-state index contributed by atoms with van der Waals surface area (Å²) >= 11 is 6.42. The molecule has 0 aliphatic heterocycles. The minimum Gasteiger partial charge on any atom is -0.118 e. The Hall–Kier alpha value is -0.490. The normalized spacial score (nSPS) is 12.8. The highest BCUT2D eigenvalue weighted by Crippen LogP contribution is 2.29. The lowest BCUT2D eigenvalue weighted by atomic mass is 9.99. The number of aryl methyl sites for hydroxylation is 2. The van der Waals surface area contributed by atoms with Gasteiger partial charge in [-0.3, -0.25) is 0 Å². The Morgan fingerprint density at radius 1 is 1.20 bits per heavy atom. The van der Waals surface area contributed by atoms with Crippen LogP contribution in [0.25, 0.3) is 0 Å². The first-order valence-electron chi connectivity index (χ1n) is 5.86. The number of alkyl halides is 1. The molecule has 0 fully saturated rings. The van der Waals surface area contributed by atoms with Crippen LogP contribution >= 0.6 is 11.6 Å². The van der Waals surface area contributed by atoms with Gasteiger partial charge in [0, 0.05) is 0 Å². The topological polar surface area (TPSA) is 0 Å². The highest BCUT2D eigenvalue weighted by Gasteiger charge is 2.10. The van der Waals surface area contributed by atoms with E-state index in [0.29, 0.717) is 0 Å². The molecular weight excluding hydrogens is 204 g/mol. The third kappa shape index (κ3) is 3.87. The lowest BCUT2D eigenvalue weighted by Crippen LogP contribution is -1.95. The molecule has 1 unspecified atom stereocenters. The van der Waals surface area contributed by atoms with Crippen molar-refractivity contribution >= 4 is 11.6 Å². The molecule has 0 radical (unpaired) electrons. The molecule has 84 valence electrons. The smallest absolute Gasteiger partial charge is 0.0587 e. The molecule has 1 aromatic carbocycles. The maximum atomic E-state index is 6.42. The van der Waals surface area contributed by atoms with Crippen molar-refractivity contribution < 1.29 is 0 Å². The number of hydrogen-bond donors (Lipinski definition) is 0. The summed E-state index contributed by atoms with van der Waals surface area (Å²) in [6.07, 6.45) is 4.88. The molecule has 1 rings (SSSR count). The Morgan fingerprint density at radius 2 is 1.93 bits per heavy atom. The van der Waals surface area contributed by atoms with Crippen LogP contribution in [0.5, 0.6) is 0 Å². The zero-order chi connectivity index (χ0) is 11.3. The largest absolute Gasteiger partial charge is 0.118 e. The van der Waals surface area contributed by atoms with E-state index >= 15 is 0 Å². The first-order chi connectivity index (χ1) is 7.15. The fourth-order valence-corrected chi connectivity index (χ4v) is 2.22. The van der Waals surface area contributed by atoms with Gasteiger partial charge in [0.15, 0.2) is 0 Å². The highest BCUT2D eigenvalue weighted by molar-refractivity contribution is 6.20. The minimum absolute atomic E-state index is 0.191. The minimum atomic E-state index is 0.191.